The summed E-state index contributed by atoms with van der Waals surface area (Å²) in [6.45, 7) is 3.28. The van der Waals surface area contributed by atoms with Gasteiger partial charge in [0.2, 0.25) is 0 Å². The van der Waals surface area contributed by atoms with Crippen molar-refractivity contribution in [3.05, 3.63) is 35.4 Å². The highest BCUT2D eigenvalue weighted by Crippen LogP contribution is 2.36. The minimum Gasteiger partial charge on any atom is -0.493 e. The van der Waals surface area contributed by atoms with Crippen molar-refractivity contribution >= 4 is 5.97 Å². The lowest BCUT2D eigenvalue weighted by molar-refractivity contribution is -0.140. The number of hydrogen-bond acceptors (Lipinski definition) is 4. The van der Waals surface area contributed by atoms with Gasteiger partial charge in [0, 0.05) is 12.2 Å². The third-order valence-electron chi connectivity index (χ3n) is 3.53. The van der Waals surface area contributed by atoms with Gasteiger partial charge in [0.15, 0.2) is 17.3 Å². The average molecular weight is 360 g/mol. The molecule has 1 aromatic carbocycles. The first-order chi connectivity index (χ1) is 11.6. The Hall–Kier alpha value is -2.58. The van der Waals surface area contributed by atoms with E-state index in [4.69, 9.17) is 4.74 Å². The third-order valence-corrected chi connectivity index (χ3v) is 3.53. The lowest BCUT2D eigenvalue weighted by Gasteiger charge is -2.14. The molecule has 5 nitrogen and oxygen atoms in total. The van der Waals surface area contributed by atoms with E-state index >= 15 is 0 Å². The SMILES string of the molecule is COC(=O)c1ccc(-c2nc(C(F)(F)F)cn2C(C)C)c(F)c1OC. The van der Waals surface area contributed by atoms with Crippen molar-refractivity contribution in [2.24, 2.45) is 0 Å². The van der Waals surface area contributed by atoms with Crippen LogP contribution in [-0.2, 0) is 10.9 Å². The van der Waals surface area contributed by atoms with Gasteiger partial charge >= 0.3 is 12.1 Å². The van der Waals surface area contributed by atoms with E-state index in [1.54, 1.807) is 13.8 Å². The maximum atomic E-state index is 14.8. The second-order valence-corrected chi connectivity index (χ2v) is 5.45. The van der Waals surface area contributed by atoms with E-state index in [1.807, 2.05) is 0 Å². The molecule has 0 aliphatic heterocycles. The number of nitrogens with zero attached hydrogens (tertiary/aromatic N) is 2. The fourth-order valence-corrected chi connectivity index (χ4v) is 2.32. The van der Waals surface area contributed by atoms with Crippen molar-refractivity contribution < 1.29 is 31.8 Å². The first kappa shape index (κ1) is 18.8. The summed E-state index contributed by atoms with van der Waals surface area (Å²) in [6.07, 6.45) is -3.85. The average Bonchev–Trinajstić information content (AvgIpc) is 2.99. The van der Waals surface area contributed by atoms with Crippen LogP contribution < -0.4 is 4.74 Å². The summed E-state index contributed by atoms with van der Waals surface area (Å²) in [5, 5.41) is 0. The molecule has 0 radical (unpaired) electrons. The van der Waals surface area contributed by atoms with Crippen LogP contribution in [0.1, 0.15) is 35.9 Å². The van der Waals surface area contributed by atoms with Crippen LogP contribution in [0.4, 0.5) is 17.6 Å². The number of alkyl halides is 3. The summed E-state index contributed by atoms with van der Waals surface area (Å²) in [4.78, 5) is 15.2. The smallest absolute Gasteiger partial charge is 0.434 e. The normalized spacial score (nSPS) is 11.7. The first-order valence-corrected chi connectivity index (χ1v) is 7.23. The molecule has 0 spiro atoms. The van der Waals surface area contributed by atoms with Gasteiger partial charge in [-0.05, 0) is 26.0 Å². The molecule has 0 fully saturated rings. The molecule has 0 atom stereocenters. The van der Waals surface area contributed by atoms with Crippen LogP contribution in [0.2, 0.25) is 0 Å². The molecule has 2 aromatic rings. The Morgan fingerprint density at radius 3 is 2.36 bits per heavy atom. The summed E-state index contributed by atoms with van der Waals surface area (Å²) in [7, 11) is 2.26. The van der Waals surface area contributed by atoms with E-state index in [-0.39, 0.29) is 17.0 Å². The van der Waals surface area contributed by atoms with E-state index in [0.717, 1.165) is 20.4 Å². The molecule has 0 amide bonds. The predicted octanol–water partition coefficient (Wildman–Crippen LogP) is 4.08. The van der Waals surface area contributed by atoms with Gasteiger partial charge in [-0.2, -0.15) is 13.2 Å². The number of aromatic nitrogens is 2. The highest BCUT2D eigenvalue weighted by Gasteiger charge is 2.36. The van der Waals surface area contributed by atoms with Crippen molar-refractivity contribution in [2.75, 3.05) is 14.2 Å². The maximum absolute atomic E-state index is 14.8. The zero-order valence-electron chi connectivity index (χ0n) is 13.9. The molecule has 0 unspecified atom stereocenters. The first-order valence-electron chi connectivity index (χ1n) is 7.23. The van der Waals surface area contributed by atoms with Crippen LogP contribution in [0, 0.1) is 5.82 Å². The molecule has 0 aliphatic carbocycles. The zero-order chi connectivity index (χ0) is 18.9. The molecule has 0 aliphatic rings. The van der Waals surface area contributed by atoms with Gasteiger partial charge < -0.3 is 14.0 Å². The zero-order valence-corrected chi connectivity index (χ0v) is 13.9. The summed E-state index contributed by atoms with van der Waals surface area (Å²) >= 11 is 0. The number of methoxy groups -OCH3 is 2. The molecule has 0 N–H and O–H groups in total. The van der Waals surface area contributed by atoms with E-state index < -0.39 is 35.4 Å². The number of benzene rings is 1. The number of hydrogen-bond donors (Lipinski definition) is 0. The molecule has 0 saturated carbocycles. The van der Waals surface area contributed by atoms with Crippen molar-refractivity contribution in [1.82, 2.24) is 9.55 Å². The molecular weight excluding hydrogens is 344 g/mol. The minimum atomic E-state index is -4.67. The Bertz CT molecular complexity index is 797. The van der Waals surface area contributed by atoms with Gasteiger partial charge in [0.25, 0.3) is 0 Å². The van der Waals surface area contributed by atoms with Crippen LogP contribution in [0.5, 0.6) is 5.75 Å². The van der Waals surface area contributed by atoms with Gasteiger partial charge in [0.1, 0.15) is 11.4 Å². The Labute approximate surface area is 141 Å². The largest absolute Gasteiger partial charge is 0.493 e. The van der Waals surface area contributed by atoms with E-state index in [1.165, 1.54) is 16.7 Å². The van der Waals surface area contributed by atoms with E-state index in [9.17, 15) is 22.4 Å². The molecular formula is C16H16F4N2O3. The Morgan fingerprint density at radius 2 is 1.88 bits per heavy atom. The number of carbonyl (C=O) groups is 1. The van der Waals surface area contributed by atoms with Crippen LogP contribution in [0.15, 0.2) is 18.3 Å². The van der Waals surface area contributed by atoms with Crippen molar-refractivity contribution in [2.45, 2.75) is 26.1 Å². The second-order valence-electron chi connectivity index (χ2n) is 5.45. The number of rotatable bonds is 4. The molecule has 136 valence electrons. The van der Waals surface area contributed by atoms with Crippen molar-refractivity contribution in [3.8, 4) is 17.1 Å². The Kier molecular flexibility index (Phi) is 5.05. The molecule has 1 heterocycles. The fourth-order valence-electron chi connectivity index (χ4n) is 2.32. The molecule has 25 heavy (non-hydrogen) atoms. The van der Waals surface area contributed by atoms with Gasteiger partial charge in [-0.3, -0.25) is 0 Å². The molecule has 9 heteroatoms. The molecule has 1 aromatic heterocycles. The number of carbonyl (C=O) groups excluding carboxylic acids is 1. The maximum Gasteiger partial charge on any atom is 0.434 e. The van der Waals surface area contributed by atoms with Crippen LogP contribution in [0.3, 0.4) is 0 Å². The Morgan fingerprint density at radius 1 is 1.24 bits per heavy atom. The van der Waals surface area contributed by atoms with Crippen LogP contribution in [-0.4, -0.2) is 29.7 Å². The van der Waals surface area contributed by atoms with E-state index in [0.29, 0.717) is 0 Å². The quantitative estimate of drug-likeness (QED) is 0.609. The monoisotopic (exact) mass is 360 g/mol. The number of ether oxygens (including phenoxy) is 2. The van der Waals surface area contributed by atoms with Gasteiger partial charge in [-0.15, -0.1) is 0 Å². The number of imidazole rings is 1. The lowest BCUT2D eigenvalue weighted by Crippen LogP contribution is -2.08. The van der Waals surface area contributed by atoms with Gasteiger partial charge in [0.05, 0.1) is 19.8 Å². The Balaban J connectivity index is 2.70. The molecule has 0 saturated heterocycles. The van der Waals surface area contributed by atoms with Gasteiger partial charge in [-0.25, -0.2) is 14.2 Å². The summed E-state index contributed by atoms with van der Waals surface area (Å²) in [5.74, 6) is -2.46. The number of halogens is 4. The molecule has 2 rings (SSSR count). The van der Waals surface area contributed by atoms with E-state index in [2.05, 4.69) is 9.72 Å². The van der Waals surface area contributed by atoms with Crippen LogP contribution >= 0.6 is 0 Å². The summed E-state index contributed by atoms with van der Waals surface area (Å²) in [6, 6.07) is 1.99. The molecule has 0 bridgehead atoms. The minimum absolute atomic E-state index is 0.176. The fraction of sp³-hybridized carbons (Fsp3) is 0.375. The standard InChI is InChI=1S/C16H16F4N2O3/c1-8(2)22-7-11(16(18,19)20)21-14(22)9-5-6-10(15(23)25-4)13(24-3)12(9)17/h5-8H,1-4H3. The summed E-state index contributed by atoms with van der Waals surface area (Å²) in [5.41, 5.74) is -1.52. The van der Waals surface area contributed by atoms with Crippen molar-refractivity contribution in [1.29, 1.82) is 0 Å². The lowest BCUT2D eigenvalue weighted by atomic mass is 10.1. The number of esters is 1. The summed E-state index contributed by atoms with van der Waals surface area (Å²) < 4.78 is 64.3. The highest BCUT2D eigenvalue weighted by molar-refractivity contribution is 5.93. The third kappa shape index (κ3) is 3.45. The topological polar surface area (TPSA) is 53.3 Å². The predicted molar refractivity (Wildman–Crippen MR) is 80.9 cm³/mol. The van der Waals surface area contributed by atoms with Gasteiger partial charge in [-0.1, -0.05) is 0 Å². The highest BCUT2D eigenvalue weighted by atomic mass is 19.4. The second kappa shape index (κ2) is 6.73. The van der Waals surface area contributed by atoms with Crippen LogP contribution in [0.25, 0.3) is 11.4 Å². The van der Waals surface area contributed by atoms with Crippen molar-refractivity contribution in [3.63, 3.8) is 0 Å².